The summed E-state index contributed by atoms with van der Waals surface area (Å²) >= 11 is 0. The van der Waals surface area contributed by atoms with E-state index in [9.17, 15) is 4.79 Å². The van der Waals surface area contributed by atoms with E-state index >= 15 is 0 Å². The van der Waals surface area contributed by atoms with Gasteiger partial charge >= 0.3 is 0 Å². The van der Waals surface area contributed by atoms with Crippen molar-refractivity contribution in [2.45, 2.75) is 19.4 Å². The van der Waals surface area contributed by atoms with Crippen molar-refractivity contribution < 1.29 is 4.79 Å². The van der Waals surface area contributed by atoms with E-state index in [4.69, 9.17) is 0 Å². The summed E-state index contributed by atoms with van der Waals surface area (Å²) in [5.74, 6) is 0.0364. The summed E-state index contributed by atoms with van der Waals surface area (Å²) in [6.45, 7) is 0.507. The van der Waals surface area contributed by atoms with Gasteiger partial charge in [-0.15, -0.1) is 0 Å². The van der Waals surface area contributed by atoms with Crippen LogP contribution in [0.15, 0.2) is 79.0 Å². The van der Waals surface area contributed by atoms with E-state index in [2.05, 4.69) is 17.1 Å². The summed E-state index contributed by atoms with van der Waals surface area (Å²) < 4.78 is 0. The monoisotopic (exact) mass is 330 g/mol. The van der Waals surface area contributed by atoms with Gasteiger partial charge in [-0.05, 0) is 42.2 Å². The summed E-state index contributed by atoms with van der Waals surface area (Å²) in [6, 6.07) is 24.0. The smallest absolute Gasteiger partial charge is 0.254 e. The Hall–Kier alpha value is -2.94. The van der Waals surface area contributed by atoms with E-state index in [-0.39, 0.29) is 5.91 Å². The maximum atomic E-state index is 12.9. The van der Waals surface area contributed by atoms with Crippen LogP contribution in [-0.2, 0) is 19.4 Å². The molecule has 0 aliphatic rings. The number of carbonyl (C=O) groups excluding carboxylic acids is 1. The van der Waals surface area contributed by atoms with Crippen LogP contribution in [0.25, 0.3) is 0 Å². The predicted molar refractivity (Wildman–Crippen MR) is 100 cm³/mol. The van der Waals surface area contributed by atoms with E-state index in [1.807, 2.05) is 67.7 Å². The van der Waals surface area contributed by atoms with Crippen molar-refractivity contribution >= 4 is 5.91 Å². The van der Waals surface area contributed by atoms with Crippen LogP contribution in [0.1, 0.15) is 27.2 Å². The quantitative estimate of drug-likeness (QED) is 0.680. The zero-order chi connectivity index (χ0) is 17.5. The van der Waals surface area contributed by atoms with Gasteiger partial charge in [0.25, 0.3) is 5.91 Å². The Morgan fingerprint density at radius 1 is 0.880 bits per heavy atom. The third kappa shape index (κ3) is 4.54. The molecule has 1 amide bonds. The molecule has 3 heteroatoms. The van der Waals surface area contributed by atoms with Crippen molar-refractivity contribution in [2.24, 2.45) is 0 Å². The summed E-state index contributed by atoms with van der Waals surface area (Å²) in [5.41, 5.74) is 4.03. The van der Waals surface area contributed by atoms with E-state index in [1.165, 1.54) is 5.56 Å². The molecule has 126 valence electrons. The molecule has 3 nitrogen and oxygen atoms in total. The number of carbonyl (C=O) groups is 1. The lowest BCUT2D eigenvalue weighted by atomic mass is 9.99. The van der Waals surface area contributed by atoms with Gasteiger partial charge in [-0.2, -0.15) is 0 Å². The van der Waals surface area contributed by atoms with Gasteiger partial charge in [-0.1, -0.05) is 54.6 Å². The van der Waals surface area contributed by atoms with E-state index < -0.39 is 0 Å². The van der Waals surface area contributed by atoms with Crippen molar-refractivity contribution in [3.8, 4) is 0 Å². The van der Waals surface area contributed by atoms with Crippen molar-refractivity contribution in [3.05, 3.63) is 101 Å². The molecule has 0 unspecified atom stereocenters. The number of amides is 1. The molecule has 25 heavy (non-hydrogen) atoms. The van der Waals surface area contributed by atoms with Crippen LogP contribution in [0.2, 0.25) is 0 Å². The topological polar surface area (TPSA) is 33.2 Å². The molecule has 1 heterocycles. The fraction of sp³-hybridized carbons (Fsp3) is 0.182. The first-order chi connectivity index (χ1) is 12.2. The number of aryl methyl sites for hydroxylation is 2. The molecule has 0 aliphatic heterocycles. The molecule has 3 rings (SSSR count). The Bertz CT molecular complexity index is 816. The molecule has 0 N–H and O–H groups in total. The first-order valence-corrected chi connectivity index (χ1v) is 8.51. The van der Waals surface area contributed by atoms with Crippen molar-refractivity contribution in [1.82, 2.24) is 9.88 Å². The van der Waals surface area contributed by atoms with Crippen LogP contribution in [-0.4, -0.2) is 22.8 Å². The molecular weight excluding hydrogens is 308 g/mol. The van der Waals surface area contributed by atoms with Gasteiger partial charge in [0, 0.05) is 18.8 Å². The lowest BCUT2D eigenvalue weighted by molar-refractivity contribution is 0.0782. The van der Waals surface area contributed by atoms with Gasteiger partial charge in [0.1, 0.15) is 0 Å². The average Bonchev–Trinajstić information content (AvgIpc) is 2.67. The summed E-state index contributed by atoms with van der Waals surface area (Å²) in [7, 11) is 1.82. The molecule has 0 aliphatic carbocycles. The van der Waals surface area contributed by atoms with Crippen LogP contribution in [0, 0.1) is 0 Å². The largest absolute Gasteiger partial charge is 0.336 e. The number of aromatic nitrogens is 1. The molecule has 0 saturated carbocycles. The molecule has 2 aromatic carbocycles. The Labute approximate surface area is 149 Å². The number of nitrogens with zero attached hydrogens (tertiary/aromatic N) is 2. The molecule has 0 radical (unpaired) electrons. The minimum Gasteiger partial charge on any atom is -0.336 e. The summed E-state index contributed by atoms with van der Waals surface area (Å²) in [4.78, 5) is 18.9. The molecule has 0 spiro atoms. The number of hydrogen-bond acceptors (Lipinski definition) is 2. The molecular formula is C22H22N2O. The predicted octanol–water partition coefficient (Wildman–Crippen LogP) is 4.14. The second-order valence-corrected chi connectivity index (χ2v) is 6.13. The van der Waals surface area contributed by atoms with Gasteiger partial charge < -0.3 is 4.90 Å². The molecule has 0 atom stereocenters. The van der Waals surface area contributed by atoms with E-state index in [0.717, 1.165) is 29.7 Å². The molecule has 0 fully saturated rings. The summed E-state index contributed by atoms with van der Waals surface area (Å²) in [5, 5.41) is 0. The van der Waals surface area contributed by atoms with Crippen LogP contribution in [0.3, 0.4) is 0 Å². The SMILES string of the molecule is CN(Cc1ccccn1)C(=O)c1ccccc1CCc1ccccc1. The lowest BCUT2D eigenvalue weighted by Crippen LogP contribution is -2.27. The second kappa shape index (κ2) is 8.25. The minimum absolute atomic E-state index is 0.0364. The van der Waals surface area contributed by atoms with Crippen molar-refractivity contribution in [2.75, 3.05) is 7.05 Å². The Morgan fingerprint density at radius 3 is 2.36 bits per heavy atom. The van der Waals surface area contributed by atoms with Gasteiger partial charge in [0.05, 0.1) is 12.2 Å². The lowest BCUT2D eigenvalue weighted by Gasteiger charge is -2.19. The highest BCUT2D eigenvalue weighted by Crippen LogP contribution is 2.15. The van der Waals surface area contributed by atoms with Gasteiger partial charge in [-0.3, -0.25) is 9.78 Å². The first kappa shape index (κ1) is 16.9. The molecule has 1 aromatic heterocycles. The fourth-order valence-electron chi connectivity index (χ4n) is 2.88. The fourth-order valence-corrected chi connectivity index (χ4v) is 2.88. The van der Waals surface area contributed by atoms with Crippen molar-refractivity contribution in [1.29, 1.82) is 0 Å². The number of hydrogen-bond donors (Lipinski definition) is 0. The maximum absolute atomic E-state index is 12.9. The van der Waals surface area contributed by atoms with Gasteiger partial charge in [0.2, 0.25) is 0 Å². The standard InChI is InChI=1S/C22H22N2O/c1-24(17-20-12-7-8-16-23-20)22(25)21-13-6-5-11-19(21)15-14-18-9-3-2-4-10-18/h2-13,16H,14-15,17H2,1H3. The zero-order valence-electron chi connectivity index (χ0n) is 14.4. The van der Waals surface area contributed by atoms with Crippen LogP contribution >= 0.6 is 0 Å². The molecule has 0 bridgehead atoms. The highest BCUT2D eigenvalue weighted by Gasteiger charge is 2.16. The highest BCUT2D eigenvalue weighted by atomic mass is 16.2. The van der Waals surface area contributed by atoms with Crippen LogP contribution in [0.4, 0.5) is 0 Å². The first-order valence-electron chi connectivity index (χ1n) is 8.51. The number of pyridine rings is 1. The molecule has 3 aromatic rings. The molecule has 0 saturated heterocycles. The Kier molecular flexibility index (Phi) is 5.57. The second-order valence-electron chi connectivity index (χ2n) is 6.13. The zero-order valence-corrected chi connectivity index (χ0v) is 14.4. The highest BCUT2D eigenvalue weighted by molar-refractivity contribution is 5.95. The number of benzene rings is 2. The Balaban J connectivity index is 1.72. The maximum Gasteiger partial charge on any atom is 0.254 e. The number of rotatable bonds is 6. The van der Waals surface area contributed by atoms with Crippen LogP contribution in [0.5, 0.6) is 0 Å². The van der Waals surface area contributed by atoms with Gasteiger partial charge in [0.15, 0.2) is 0 Å². The summed E-state index contributed by atoms with van der Waals surface area (Å²) in [6.07, 6.45) is 3.53. The average molecular weight is 330 g/mol. The third-order valence-electron chi connectivity index (χ3n) is 4.25. The minimum atomic E-state index is 0.0364. The van der Waals surface area contributed by atoms with Gasteiger partial charge in [-0.25, -0.2) is 0 Å². The normalized spacial score (nSPS) is 10.4. The third-order valence-corrected chi connectivity index (χ3v) is 4.25. The Morgan fingerprint density at radius 2 is 1.60 bits per heavy atom. The van der Waals surface area contributed by atoms with Crippen molar-refractivity contribution in [3.63, 3.8) is 0 Å². The van der Waals surface area contributed by atoms with Crippen LogP contribution < -0.4 is 0 Å². The van der Waals surface area contributed by atoms with E-state index in [1.54, 1.807) is 11.1 Å². The van der Waals surface area contributed by atoms with E-state index in [0.29, 0.717) is 6.54 Å².